The van der Waals surface area contributed by atoms with Gasteiger partial charge in [0.1, 0.15) is 5.78 Å². The monoisotopic (exact) mass is 206 g/mol. The lowest BCUT2D eigenvalue weighted by Crippen LogP contribution is -2.15. The molecule has 0 spiro atoms. The Bertz CT molecular complexity index is 293. The quantitative estimate of drug-likeness (QED) is 0.775. The summed E-state index contributed by atoms with van der Waals surface area (Å²) in [5, 5.41) is 9.68. The Hall–Kier alpha value is -1.15. The summed E-state index contributed by atoms with van der Waals surface area (Å²) >= 11 is 0. The van der Waals surface area contributed by atoms with Gasteiger partial charge in [0, 0.05) is 12.8 Å². The van der Waals surface area contributed by atoms with Crippen LogP contribution >= 0.6 is 0 Å². The van der Waals surface area contributed by atoms with E-state index in [0.717, 1.165) is 12.0 Å². The van der Waals surface area contributed by atoms with Crippen LogP contribution in [0.25, 0.3) is 0 Å². The molecule has 0 saturated carbocycles. The fourth-order valence-electron chi connectivity index (χ4n) is 1.60. The van der Waals surface area contributed by atoms with Crippen LogP contribution in [-0.2, 0) is 11.2 Å². The van der Waals surface area contributed by atoms with Gasteiger partial charge in [0.2, 0.25) is 0 Å². The molecule has 0 aliphatic carbocycles. The SMILES string of the molecule is CCCC(=O)CC(O)Cc1ccccc1. The molecule has 0 saturated heterocycles. The van der Waals surface area contributed by atoms with Gasteiger partial charge in [-0.05, 0) is 18.4 Å². The zero-order chi connectivity index (χ0) is 11.1. The minimum absolute atomic E-state index is 0.154. The van der Waals surface area contributed by atoms with E-state index < -0.39 is 6.10 Å². The highest BCUT2D eigenvalue weighted by Gasteiger charge is 2.10. The van der Waals surface area contributed by atoms with Crippen LogP contribution in [0.15, 0.2) is 30.3 Å². The molecule has 0 fully saturated rings. The predicted octanol–water partition coefficient (Wildman–Crippen LogP) is 2.35. The summed E-state index contributed by atoms with van der Waals surface area (Å²) in [4.78, 5) is 11.3. The summed E-state index contributed by atoms with van der Waals surface area (Å²) in [6.07, 6.45) is 1.74. The highest BCUT2D eigenvalue weighted by Crippen LogP contribution is 2.07. The van der Waals surface area contributed by atoms with Gasteiger partial charge in [-0.25, -0.2) is 0 Å². The average molecular weight is 206 g/mol. The molecule has 1 rings (SSSR count). The Labute approximate surface area is 90.9 Å². The number of hydrogen-bond acceptors (Lipinski definition) is 2. The van der Waals surface area contributed by atoms with Crippen LogP contribution in [0.1, 0.15) is 31.7 Å². The molecule has 0 amide bonds. The Balaban J connectivity index is 2.36. The maximum Gasteiger partial charge on any atom is 0.135 e. The van der Waals surface area contributed by atoms with Crippen molar-refractivity contribution in [2.45, 2.75) is 38.7 Å². The van der Waals surface area contributed by atoms with Crippen LogP contribution < -0.4 is 0 Å². The van der Waals surface area contributed by atoms with Crippen molar-refractivity contribution >= 4 is 5.78 Å². The molecular weight excluding hydrogens is 188 g/mol. The average Bonchev–Trinajstić information content (AvgIpc) is 2.19. The second-order valence-electron chi connectivity index (χ2n) is 3.84. The largest absolute Gasteiger partial charge is 0.392 e. The molecule has 1 atom stereocenters. The maximum atomic E-state index is 11.3. The van der Waals surface area contributed by atoms with Crippen LogP contribution in [0.2, 0.25) is 0 Å². The van der Waals surface area contributed by atoms with Crippen LogP contribution in [0.4, 0.5) is 0 Å². The summed E-state index contributed by atoms with van der Waals surface area (Å²) in [7, 11) is 0. The normalized spacial score (nSPS) is 12.4. The van der Waals surface area contributed by atoms with Gasteiger partial charge in [0.05, 0.1) is 6.10 Å². The third-order valence-electron chi connectivity index (χ3n) is 2.31. The Morgan fingerprint density at radius 1 is 1.33 bits per heavy atom. The molecule has 0 aliphatic rings. The Morgan fingerprint density at radius 2 is 2.00 bits per heavy atom. The topological polar surface area (TPSA) is 37.3 Å². The van der Waals surface area contributed by atoms with Gasteiger partial charge in [-0.2, -0.15) is 0 Å². The Kier molecular flexibility index (Phi) is 5.05. The van der Waals surface area contributed by atoms with Crippen molar-refractivity contribution in [1.29, 1.82) is 0 Å². The van der Waals surface area contributed by atoms with Gasteiger partial charge in [0.15, 0.2) is 0 Å². The number of rotatable bonds is 6. The first-order valence-corrected chi connectivity index (χ1v) is 5.46. The lowest BCUT2D eigenvalue weighted by molar-refractivity contribution is -0.120. The van der Waals surface area contributed by atoms with E-state index in [0.29, 0.717) is 12.8 Å². The van der Waals surface area contributed by atoms with E-state index in [2.05, 4.69) is 0 Å². The van der Waals surface area contributed by atoms with Gasteiger partial charge >= 0.3 is 0 Å². The molecule has 1 N–H and O–H groups in total. The first-order valence-electron chi connectivity index (χ1n) is 5.46. The molecule has 82 valence electrons. The number of aliphatic hydroxyl groups is 1. The second kappa shape index (κ2) is 6.36. The summed E-state index contributed by atoms with van der Waals surface area (Å²) in [5.41, 5.74) is 1.08. The van der Waals surface area contributed by atoms with E-state index in [1.54, 1.807) is 0 Å². The van der Waals surface area contributed by atoms with E-state index in [1.807, 2.05) is 37.3 Å². The van der Waals surface area contributed by atoms with Crippen molar-refractivity contribution in [3.8, 4) is 0 Å². The van der Waals surface area contributed by atoms with Crippen LogP contribution in [0, 0.1) is 0 Å². The van der Waals surface area contributed by atoms with Crippen LogP contribution in [-0.4, -0.2) is 17.0 Å². The number of Topliss-reactive ketones (excluding diaryl/α,β-unsaturated/α-hetero) is 1. The fourth-order valence-corrected chi connectivity index (χ4v) is 1.60. The zero-order valence-electron chi connectivity index (χ0n) is 9.15. The van der Waals surface area contributed by atoms with E-state index in [4.69, 9.17) is 0 Å². The second-order valence-corrected chi connectivity index (χ2v) is 3.84. The van der Waals surface area contributed by atoms with Crippen molar-refractivity contribution in [3.63, 3.8) is 0 Å². The molecule has 15 heavy (non-hydrogen) atoms. The highest BCUT2D eigenvalue weighted by molar-refractivity contribution is 5.78. The maximum absolute atomic E-state index is 11.3. The van der Waals surface area contributed by atoms with Crippen molar-refractivity contribution in [1.82, 2.24) is 0 Å². The first-order chi connectivity index (χ1) is 7.22. The molecule has 0 bridgehead atoms. The predicted molar refractivity (Wildman–Crippen MR) is 60.7 cm³/mol. The van der Waals surface area contributed by atoms with E-state index in [1.165, 1.54) is 0 Å². The van der Waals surface area contributed by atoms with E-state index in [9.17, 15) is 9.90 Å². The number of benzene rings is 1. The van der Waals surface area contributed by atoms with Gasteiger partial charge in [-0.15, -0.1) is 0 Å². The van der Waals surface area contributed by atoms with Crippen molar-refractivity contribution in [2.24, 2.45) is 0 Å². The van der Waals surface area contributed by atoms with E-state index in [-0.39, 0.29) is 12.2 Å². The smallest absolute Gasteiger partial charge is 0.135 e. The molecule has 0 aromatic heterocycles. The van der Waals surface area contributed by atoms with Gasteiger partial charge in [0.25, 0.3) is 0 Å². The summed E-state index contributed by atoms with van der Waals surface area (Å²) in [5.74, 6) is 0.154. The number of carbonyl (C=O) groups excluding carboxylic acids is 1. The molecule has 2 heteroatoms. The first kappa shape index (κ1) is 11.9. The van der Waals surface area contributed by atoms with Gasteiger partial charge < -0.3 is 5.11 Å². The van der Waals surface area contributed by atoms with Crippen LogP contribution in [0.3, 0.4) is 0 Å². The summed E-state index contributed by atoms with van der Waals surface area (Å²) < 4.78 is 0. The molecule has 0 heterocycles. The molecule has 1 aromatic rings. The number of hydrogen-bond donors (Lipinski definition) is 1. The minimum atomic E-state index is -0.536. The molecular formula is C13H18O2. The molecule has 1 aromatic carbocycles. The summed E-state index contributed by atoms with van der Waals surface area (Å²) in [6.45, 7) is 1.97. The molecule has 0 radical (unpaired) electrons. The van der Waals surface area contributed by atoms with Gasteiger partial charge in [-0.1, -0.05) is 37.3 Å². The fraction of sp³-hybridized carbons (Fsp3) is 0.462. The van der Waals surface area contributed by atoms with Gasteiger partial charge in [-0.3, -0.25) is 4.79 Å². The standard InChI is InChI=1S/C13H18O2/c1-2-6-12(14)10-13(15)9-11-7-4-3-5-8-11/h3-5,7-8,13,15H,2,6,9-10H2,1H3. The zero-order valence-corrected chi connectivity index (χ0v) is 9.15. The van der Waals surface area contributed by atoms with Crippen molar-refractivity contribution < 1.29 is 9.90 Å². The highest BCUT2D eigenvalue weighted by atomic mass is 16.3. The summed E-state index contributed by atoms with van der Waals surface area (Å²) in [6, 6.07) is 9.75. The number of carbonyl (C=O) groups is 1. The third kappa shape index (κ3) is 4.75. The lowest BCUT2D eigenvalue weighted by atomic mass is 10.0. The number of aliphatic hydroxyl groups excluding tert-OH is 1. The molecule has 0 aliphatic heterocycles. The minimum Gasteiger partial charge on any atom is -0.392 e. The Morgan fingerprint density at radius 3 is 2.60 bits per heavy atom. The van der Waals surface area contributed by atoms with Crippen LogP contribution in [0.5, 0.6) is 0 Å². The third-order valence-corrected chi connectivity index (χ3v) is 2.31. The van der Waals surface area contributed by atoms with E-state index >= 15 is 0 Å². The number of ketones is 1. The molecule has 2 nitrogen and oxygen atoms in total. The molecule has 1 unspecified atom stereocenters. The lowest BCUT2D eigenvalue weighted by Gasteiger charge is -2.09. The van der Waals surface area contributed by atoms with Crippen molar-refractivity contribution in [3.05, 3.63) is 35.9 Å². The van der Waals surface area contributed by atoms with Crippen molar-refractivity contribution in [2.75, 3.05) is 0 Å².